The summed E-state index contributed by atoms with van der Waals surface area (Å²) in [5.74, 6) is 0.628. The summed E-state index contributed by atoms with van der Waals surface area (Å²) >= 11 is 0. The molecule has 13 heavy (non-hydrogen) atoms. The van der Waals surface area contributed by atoms with Crippen LogP contribution in [0.15, 0.2) is 12.2 Å². The van der Waals surface area contributed by atoms with Crippen molar-refractivity contribution in [1.29, 1.82) is 0 Å². The van der Waals surface area contributed by atoms with Crippen LogP contribution in [-0.2, 0) is 4.74 Å². The Morgan fingerprint density at radius 2 is 2.38 bits per heavy atom. The topological polar surface area (TPSA) is 12.5 Å². The Labute approximate surface area is 80.6 Å². The summed E-state index contributed by atoms with van der Waals surface area (Å²) in [6.07, 6.45) is 7.10. The molecule has 0 N–H and O–H groups in total. The summed E-state index contributed by atoms with van der Waals surface area (Å²) in [5.41, 5.74) is 0.302. The van der Waals surface area contributed by atoms with Gasteiger partial charge in [-0.15, -0.1) is 0 Å². The largest absolute Gasteiger partial charge is 0.381 e. The third-order valence-electron chi connectivity index (χ3n) is 3.62. The summed E-state index contributed by atoms with van der Waals surface area (Å²) in [6.45, 7) is 5.32. The van der Waals surface area contributed by atoms with Gasteiger partial charge >= 0.3 is 0 Å². The van der Waals surface area contributed by atoms with E-state index in [4.69, 9.17) is 4.74 Å². The lowest BCUT2D eigenvalue weighted by Crippen LogP contribution is -2.55. The van der Waals surface area contributed by atoms with Gasteiger partial charge in [0.25, 0.3) is 0 Å². The molecule has 2 rings (SSSR count). The van der Waals surface area contributed by atoms with E-state index in [1.54, 1.807) is 0 Å². The van der Waals surface area contributed by atoms with E-state index in [1.807, 2.05) is 0 Å². The fraction of sp³-hybridized carbons (Fsp3) is 0.818. The monoisotopic (exact) mass is 181 g/mol. The third kappa shape index (κ3) is 1.42. The molecule has 0 aromatic rings. The second kappa shape index (κ2) is 3.43. The van der Waals surface area contributed by atoms with Crippen molar-refractivity contribution in [3.63, 3.8) is 0 Å². The zero-order valence-corrected chi connectivity index (χ0v) is 8.62. The molecule has 0 aromatic heterocycles. The number of ether oxygens (including phenoxy) is 1. The first-order valence-corrected chi connectivity index (χ1v) is 5.22. The van der Waals surface area contributed by atoms with Crippen molar-refractivity contribution in [2.75, 3.05) is 26.8 Å². The lowest BCUT2D eigenvalue weighted by molar-refractivity contribution is -0.0383. The molecular weight excluding hydrogens is 162 g/mol. The average Bonchev–Trinajstić information content (AvgIpc) is 2.15. The summed E-state index contributed by atoms with van der Waals surface area (Å²) in [5, 5.41) is 0. The quantitative estimate of drug-likeness (QED) is 0.527. The van der Waals surface area contributed by atoms with Gasteiger partial charge in [-0.2, -0.15) is 0 Å². The molecular formula is C11H19NO. The molecule has 1 fully saturated rings. The minimum Gasteiger partial charge on any atom is -0.381 e. The first kappa shape index (κ1) is 9.22. The predicted molar refractivity (Wildman–Crippen MR) is 53.7 cm³/mol. The first-order valence-electron chi connectivity index (χ1n) is 5.22. The van der Waals surface area contributed by atoms with E-state index in [-0.39, 0.29) is 0 Å². The van der Waals surface area contributed by atoms with Gasteiger partial charge in [-0.05, 0) is 19.9 Å². The van der Waals surface area contributed by atoms with Crippen LogP contribution in [0.4, 0.5) is 0 Å². The number of rotatable bonds is 0. The molecule has 2 atom stereocenters. The Hall–Kier alpha value is -0.340. The molecule has 0 saturated carbocycles. The van der Waals surface area contributed by atoms with E-state index >= 15 is 0 Å². The molecule has 0 radical (unpaired) electrons. The molecule has 0 unspecified atom stereocenters. The summed E-state index contributed by atoms with van der Waals surface area (Å²) in [6, 6.07) is 0. The standard InChI is InChI=1S/C11H19NO/c1-10-9-13-8-6-11(10)5-3-4-7-12(11)2/h3,5,10H,4,6-9H2,1-2H3/t10-,11+/m0/s1. The molecule has 2 nitrogen and oxygen atoms in total. The van der Waals surface area contributed by atoms with Crippen LogP contribution >= 0.6 is 0 Å². The highest BCUT2D eigenvalue weighted by molar-refractivity contribution is 5.14. The second-order valence-corrected chi connectivity index (χ2v) is 4.33. The molecule has 2 aliphatic rings. The highest BCUT2D eigenvalue weighted by Gasteiger charge is 2.40. The molecule has 1 spiro atoms. The van der Waals surface area contributed by atoms with Gasteiger partial charge in [-0.3, -0.25) is 4.90 Å². The Morgan fingerprint density at radius 3 is 3.08 bits per heavy atom. The van der Waals surface area contributed by atoms with Crippen molar-refractivity contribution in [3.05, 3.63) is 12.2 Å². The smallest absolute Gasteiger partial charge is 0.0512 e. The zero-order valence-electron chi connectivity index (χ0n) is 8.62. The van der Waals surface area contributed by atoms with Crippen molar-refractivity contribution in [3.8, 4) is 0 Å². The van der Waals surface area contributed by atoms with Crippen LogP contribution in [0.3, 0.4) is 0 Å². The summed E-state index contributed by atoms with van der Waals surface area (Å²) in [7, 11) is 2.24. The zero-order chi connectivity index (χ0) is 9.31. The number of hydrogen-bond donors (Lipinski definition) is 0. The molecule has 0 amide bonds. The molecule has 74 valence electrons. The highest BCUT2D eigenvalue weighted by atomic mass is 16.5. The van der Waals surface area contributed by atoms with Crippen molar-refractivity contribution >= 4 is 0 Å². The van der Waals surface area contributed by atoms with Crippen LogP contribution in [-0.4, -0.2) is 37.2 Å². The Morgan fingerprint density at radius 1 is 1.54 bits per heavy atom. The van der Waals surface area contributed by atoms with Gasteiger partial charge < -0.3 is 4.74 Å². The minimum absolute atomic E-state index is 0.302. The van der Waals surface area contributed by atoms with Gasteiger partial charge in [-0.25, -0.2) is 0 Å². The molecule has 0 bridgehead atoms. The van der Waals surface area contributed by atoms with E-state index in [0.717, 1.165) is 19.6 Å². The Balaban J connectivity index is 2.23. The molecule has 2 heteroatoms. The van der Waals surface area contributed by atoms with Crippen LogP contribution in [0.2, 0.25) is 0 Å². The Bertz CT molecular complexity index is 214. The lowest BCUT2D eigenvalue weighted by atomic mass is 9.78. The highest BCUT2D eigenvalue weighted by Crippen LogP contribution is 2.35. The fourth-order valence-corrected chi connectivity index (χ4v) is 2.59. The van der Waals surface area contributed by atoms with Crippen LogP contribution in [0.1, 0.15) is 19.8 Å². The van der Waals surface area contributed by atoms with E-state index in [2.05, 4.69) is 31.0 Å². The summed E-state index contributed by atoms with van der Waals surface area (Å²) < 4.78 is 5.50. The lowest BCUT2D eigenvalue weighted by Gasteiger charge is -2.48. The molecule has 1 saturated heterocycles. The Kier molecular flexibility index (Phi) is 2.43. The van der Waals surface area contributed by atoms with Gasteiger partial charge in [-0.1, -0.05) is 19.1 Å². The first-order chi connectivity index (χ1) is 6.26. The SMILES string of the molecule is C[C@H]1COCC[C@]12C=CCCN2C. The number of nitrogens with zero attached hydrogens (tertiary/aromatic N) is 1. The molecule has 2 heterocycles. The normalized spacial score (nSPS) is 41.2. The van der Waals surface area contributed by atoms with Gasteiger partial charge in [0.15, 0.2) is 0 Å². The van der Waals surface area contributed by atoms with Crippen LogP contribution in [0, 0.1) is 5.92 Å². The van der Waals surface area contributed by atoms with E-state index in [1.165, 1.54) is 13.0 Å². The predicted octanol–water partition coefficient (Wildman–Crippen LogP) is 1.67. The third-order valence-corrected chi connectivity index (χ3v) is 3.62. The van der Waals surface area contributed by atoms with Crippen molar-refractivity contribution in [2.24, 2.45) is 5.92 Å². The molecule has 0 aromatic carbocycles. The van der Waals surface area contributed by atoms with Crippen molar-refractivity contribution in [2.45, 2.75) is 25.3 Å². The maximum atomic E-state index is 5.50. The number of likely N-dealkylation sites (N-methyl/N-ethyl adjacent to an activating group) is 1. The minimum atomic E-state index is 0.302. The van der Waals surface area contributed by atoms with Crippen LogP contribution in [0.5, 0.6) is 0 Å². The maximum absolute atomic E-state index is 5.50. The maximum Gasteiger partial charge on any atom is 0.0512 e. The van der Waals surface area contributed by atoms with Crippen molar-refractivity contribution in [1.82, 2.24) is 4.90 Å². The average molecular weight is 181 g/mol. The van der Waals surface area contributed by atoms with E-state index in [0.29, 0.717) is 11.5 Å². The van der Waals surface area contributed by atoms with Gasteiger partial charge in [0, 0.05) is 24.6 Å². The van der Waals surface area contributed by atoms with Gasteiger partial charge in [0.2, 0.25) is 0 Å². The van der Waals surface area contributed by atoms with Gasteiger partial charge in [0.05, 0.1) is 6.61 Å². The second-order valence-electron chi connectivity index (χ2n) is 4.33. The van der Waals surface area contributed by atoms with Gasteiger partial charge in [0.1, 0.15) is 0 Å². The van der Waals surface area contributed by atoms with Crippen LogP contribution in [0.25, 0.3) is 0 Å². The molecule has 2 aliphatic heterocycles. The summed E-state index contributed by atoms with van der Waals surface area (Å²) in [4.78, 5) is 2.50. The fourth-order valence-electron chi connectivity index (χ4n) is 2.59. The molecule has 0 aliphatic carbocycles. The van der Waals surface area contributed by atoms with E-state index < -0.39 is 0 Å². The van der Waals surface area contributed by atoms with Crippen molar-refractivity contribution < 1.29 is 4.74 Å². The van der Waals surface area contributed by atoms with Crippen LogP contribution < -0.4 is 0 Å². The van der Waals surface area contributed by atoms with E-state index in [9.17, 15) is 0 Å². The number of hydrogen-bond acceptors (Lipinski definition) is 2.